The molecule has 0 aliphatic rings. The highest BCUT2D eigenvalue weighted by Gasteiger charge is 2.09. The van der Waals surface area contributed by atoms with E-state index in [9.17, 15) is 0 Å². The monoisotopic (exact) mass is 188 g/mol. The summed E-state index contributed by atoms with van der Waals surface area (Å²) in [6.07, 6.45) is 4.82. The van der Waals surface area contributed by atoms with Crippen molar-refractivity contribution in [3.8, 4) is 5.69 Å². The SMILES string of the molecule is NCCc1c[nH]c[n+]1-c1ccccc1. The number of hydrogen-bond donors (Lipinski definition) is 2. The van der Waals surface area contributed by atoms with E-state index < -0.39 is 0 Å². The Balaban J connectivity index is 2.37. The van der Waals surface area contributed by atoms with Crippen molar-refractivity contribution >= 4 is 0 Å². The molecule has 0 bridgehead atoms. The molecule has 0 saturated carbocycles. The lowest BCUT2D eigenvalue weighted by molar-refractivity contribution is -0.602. The zero-order chi connectivity index (χ0) is 9.80. The number of nitrogens with two attached hydrogens (primary N) is 1. The van der Waals surface area contributed by atoms with E-state index in [4.69, 9.17) is 5.73 Å². The summed E-state index contributed by atoms with van der Waals surface area (Å²) in [6, 6.07) is 10.2. The molecule has 3 N–H and O–H groups in total. The van der Waals surface area contributed by atoms with Crippen molar-refractivity contribution in [2.75, 3.05) is 6.54 Å². The highest BCUT2D eigenvalue weighted by atomic mass is 15.0. The zero-order valence-electron chi connectivity index (χ0n) is 7.98. The third-order valence-corrected chi connectivity index (χ3v) is 2.20. The second-order valence-corrected chi connectivity index (χ2v) is 3.18. The lowest BCUT2D eigenvalue weighted by Crippen LogP contribution is -2.33. The second kappa shape index (κ2) is 4.07. The number of H-pyrrole nitrogens is 1. The van der Waals surface area contributed by atoms with Crippen molar-refractivity contribution in [3.63, 3.8) is 0 Å². The van der Waals surface area contributed by atoms with Crippen LogP contribution in [-0.4, -0.2) is 11.5 Å². The summed E-state index contributed by atoms with van der Waals surface area (Å²) >= 11 is 0. The van der Waals surface area contributed by atoms with Gasteiger partial charge >= 0.3 is 0 Å². The molecule has 2 aromatic rings. The summed E-state index contributed by atoms with van der Waals surface area (Å²) < 4.78 is 2.12. The molecule has 0 aliphatic carbocycles. The van der Waals surface area contributed by atoms with Crippen LogP contribution in [0.4, 0.5) is 0 Å². The Bertz CT molecular complexity index is 392. The van der Waals surface area contributed by atoms with Crippen molar-refractivity contribution < 1.29 is 4.57 Å². The minimum absolute atomic E-state index is 0.671. The number of imidazole rings is 1. The van der Waals surface area contributed by atoms with Crippen LogP contribution in [0.25, 0.3) is 5.69 Å². The molecule has 0 aliphatic heterocycles. The highest BCUT2D eigenvalue weighted by molar-refractivity contribution is 5.21. The van der Waals surface area contributed by atoms with Gasteiger partial charge in [-0.2, -0.15) is 4.57 Å². The van der Waals surface area contributed by atoms with Crippen LogP contribution in [0.15, 0.2) is 42.9 Å². The molecule has 0 saturated heterocycles. The summed E-state index contributed by atoms with van der Waals surface area (Å²) in [5.74, 6) is 0. The van der Waals surface area contributed by atoms with Gasteiger partial charge in [-0.3, -0.25) is 0 Å². The van der Waals surface area contributed by atoms with Crippen molar-refractivity contribution in [2.24, 2.45) is 5.73 Å². The number of nitrogens with zero attached hydrogens (tertiary/aromatic N) is 1. The molecule has 0 spiro atoms. The summed E-state index contributed by atoms with van der Waals surface area (Å²) in [7, 11) is 0. The Labute approximate surface area is 83.2 Å². The number of aromatic amines is 1. The van der Waals surface area contributed by atoms with E-state index in [1.54, 1.807) is 0 Å². The number of aromatic nitrogens is 2. The van der Waals surface area contributed by atoms with E-state index in [1.807, 2.05) is 30.7 Å². The van der Waals surface area contributed by atoms with Crippen molar-refractivity contribution in [2.45, 2.75) is 6.42 Å². The predicted molar refractivity (Wildman–Crippen MR) is 55.1 cm³/mol. The first kappa shape index (κ1) is 8.97. The van der Waals surface area contributed by atoms with Crippen molar-refractivity contribution in [1.29, 1.82) is 0 Å². The fraction of sp³-hybridized carbons (Fsp3) is 0.182. The molecule has 2 rings (SSSR count). The van der Waals surface area contributed by atoms with Gasteiger partial charge in [0.15, 0.2) is 0 Å². The van der Waals surface area contributed by atoms with Crippen molar-refractivity contribution in [3.05, 3.63) is 48.5 Å². The topological polar surface area (TPSA) is 45.7 Å². The molecule has 3 nitrogen and oxygen atoms in total. The van der Waals surface area contributed by atoms with Crippen LogP contribution < -0.4 is 10.3 Å². The first-order valence-electron chi connectivity index (χ1n) is 4.74. The standard InChI is InChI=1S/C11H13N3/c12-7-6-11-8-13-9-14(11)10-4-2-1-3-5-10/h1-5,8-9H,6-7,12H2/p+1. The fourth-order valence-electron chi connectivity index (χ4n) is 1.53. The van der Waals surface area contributed by atoms with Crippen LogP contribution in [0.5, 0.6) is 0 Å². The average molecular weight is 188 g/mol. The van der Waals surface area contributed by atoms with Gasteiger partial charge in [-0.25, -0.2) is 4.98 Å². The van der Waals surface area contributed by atoms with Crippen LogP contribution in [0, 0.1) is 0 Å². The Morgan fingerprint density at radius 1 is 1.21 bits per heavy atom. The molecule has 72 valence electrons. The van der Waals surface area contributed by atoms with Crippen molar-refractivity contribution in [1.82, 2.24) is 4.98 Å². The Morgan fingerprint density at radius 2 is 2.00 bits per heavy atom. The van der Waals surface area contributed by atoms with E-state index in [0.717, 1.165) is 12.1 Å². The van der Waals surface area contributed by atoms with Gasteiger partial charge in [0, 0.05) is 13.0 Å². The summed E-state index contributed by atoms with van der Waals surface area (Å²) in [5.41, 5.74) is 7.91. The number of benzene rings is 1. The molecular formula is C11H14N3+. The van der Waals surface area contributed by atoms with Crippen LogP contribution in [0.1, 0.15) is 5.69 Å². The largest absolute Gasteiger partial charge is 0.330 e. The van der Waals surface area contributed by atoms with Crippen LogP contribution in [-0.2, 0) is 6.42 Å². The first-order valence-corrected chi connectivity index (χ1v) is 4.74. The number of para-hydroxylation sites is 1. The third-order valence-electron chi connectivity index (χ3n) is 2.20. The maximum atomic E-state index is 5.54. The lowest BCUT2D eigenvalue weighted by atomic mass is 10.3. The summed E-state index contributed by atoms with van der Waals surface area (Å²) in [4.78, 5) is 3.09. The maximum Gasteiger partial charge on any atom is 0.246 e. The van der Waals surface area contributed by atoms with Gasteiger partial charge in [0.25, 0.3) is 0 Å². The van der Waals surface area contributed by atoms with Gasteiger partial charge in [0.1, 0.15) is 17.6 Å². The Hall–Kier alpha value is -1.61. The molecule has 0 atom stereocenters. The number of nitrogens with one attached hydrogen (secondary N) is 1. The Morgan fingerprint density at radius 3 is 2.71 bits per heavy atom. The number of hydrogen-bond acceptors (Lipinski definition) is 1. The smallest absolute Gasteiger partial charge is 0.246 e. The maximum absolute atomic E-state index is 5.54. The minimum Gasteiger partial charge on any atom is -0.330 e. The van der Waals surface area contributed by atoms with Gasteiger partial charge in [-0.1, -0.05) is 18.2 Å². The normalized spacial score (nSPS) is 10.4. The Kier molecular flexibility index (Phi) is 2.60. The van der Waals surface area contributed by atoms with Crippen LogP contribution >= 0.6 is 0 Å². The molecule has 1 aromatic carbocycles. The van der Waals surface area contributed by atoms with Gasteiger partial charge in [-0.05, 0) is 12.1 Å². The molecule has 0 fully saturated rings. The van der Waals surface area contributed by atoms with E-state index in [2.05, 4.69) is 21.7 Å². The minimum atomic E-state index is 0.671. The zero-order valence-corrected chi connectivity index (χ0v) is 7.98. The molecule has 0 amide bonds. The second-order valence-electron chi connectivity index (χ2n) is 3.18. The fourth-order valence-corrected chi connectivity index (χ4v) is 1.53. The molecule has 1 heterocycles. The third kappa shape index (κ3) is 1.67. The summed E-state index contributed by atoms with van der Waals surface area (Å²) in [6.45, 7) is 0.671. The highest BCUT2D eigenvalue weighted by Crippen LogP contribution is 2.00. The molecule has 0 radical (unpaired) electrons. The van der Waals surface area contributed by atoms with Crippen LogP contribution in [0.2, 0.25) is 0 Å². The predicted octanol–water partition coefficient (Wildman–Crippen LogP) is 0.793. The van der Waals surface area contributed by atoms with Gasteiger partial charge < -0.3 is 5.73 Å². The lowest BCUT2D eigenvalue weighted by Gasteiger charge is -1.98. The molecular weight excluding hydrogens is 174 g/mol. The average Bonchev–Trinajstić information content (AvgIpc) is 2.68. The summed E-state index contributed by atoms with van der Waals surface area (Å²) in [5, 5.41) is 0. The molecule has 1 aromatic heterocycles. The molecule has 3 heteroatoms. The van der Waals surface area contributed by atoms with Crippen LogP contribution in [0.3, 0.4) is 0 Å². The van der Waals surface area contributed by atoms with Gasteiger partial charge in [0.05, 0.1) is 0 Å². The molecule has 14 heavy (non-hydrogen) atoms. The van der Waals surface area contributed by atoms with E-state index in [0.29, 0.717) is 6.54 Å². The van der Waals surface area contributed by atoms with Gasteiger partial charge in [0.2, 0.25) is 6.33 Å². The number of rotatable bonds is 3. The van der Waals surface area contributed by atoms with E-state index in [-0.39, 0.29) is 0 Å². The quantitative estimate of drug-likeness (QED) is 0.687. The first-order chi connectivity index (χ1) is 6.92. The van der Waals surface area contributed by atoms with Gasteiger partial charge in [-0.15, -0.1) is 0 Å². The molecule has 0 unspecified atom stereocenters. The van der Waals surface area contributed by atoms with E-state index >= 15 is 0 Å². The van der Waals surface area contributed by atoms with E-state index in [1.165, 1.54) is 5.69 Å².